The topological polar surface area (TPSA) is 57.7 Å². The zero-order valence-electron chi connectivity index (χ0n) is 14.8. The Morgan fingerprint density at radius 2 is 1.65 bits per heavy atom. The van der Waals surface area contributed by atoms with Gasteiger partial charge < -0.3 is 4.90 Å². The lowest BCUT2D eigenvalue weighted by Crippen LogP contribution is -2.35. The van der Waals surface area contributed by atoms with Gasteiger partial charge >= 0.3 is 0 Å². The molecule has 2 aliphatic rings. The van der Waals surface area contributed by atoms with Crippen LogP contribution in [0.25, 0.3) is 0 Å². The maximum Gasteiger partial charge on any atom is 0.264 e. The van der Waals surface area contributed by atoms with E-state index in [2.05, 4.69) is 0 Å². The largest absolute Gasteiger partial charge is 0.339 e. The van der Waals surface area contributed by atoms with Crippen LogP contribution in [0.1, 0.15) is 35.7 Å². The number of likely N-dealkylation sites (tertiary alicyclic amines) is 1. The van der Waals surface area contributed by atoms with Crippen LogP contribution < -0.4 is 4.31 Å². The highest BCUT2D eigenvalue weighted by Crippen LogP contribution is 2.36. The van der Waals surface area contributed by atoms with Crippen molar-refractivity contribution in [3.63, 3.8) is 0 Å². The lowest BCUT2D eigenvalue weighted by molar-refractivity contribution is 0.0792. The minimum absolute atomic E-state index is 0.0219. The number of anilines is 1. The van der Waals surface area contributed by atoms with Gasteiger partial charge in [-0.3, -0.25) is 9.10 Å². The van der Waals surface area contributed by atoms with Crippen LogP contribution in [0.4, 0.5) is 5.69 Å². The Morgan fingerprint density at radius 3 is 2.35 bits per heavy atom. The second kappa shape index (κ2) is 6.43. The number of sulfonamides is 1. The fraction of sp³-hybridized carbons (Fsp3) is 0.350. The predicted molar refractivity (Wildman–Crippen MR) is 101 cm³/mol. The van der Waals surface area contributed by atoms with E-state index in [1.165, 1.54) is 4.31 Å². The molecule has 0 spiro atoms. The maximum atomic E-state index is 13.2. The number of fused-ring (bicyclic) bond motifs is 1. The van der Waals surface area contributed by atoms with Crippen LogP contribution in [-0.4, -0.2) is 38.4 Å². The normalized spacial score (nSPS) is 19.7. The summed E-state index contributed by atoms with van der Waals surface area (Å²) in [6.45, 7) is 3.48. The molecule has 2 aliphatic heterocycles. The monoisotopic (exact) mass is 370 g/mol. The molecule has 26 heavy (non-hydrogen) atoms. The Hall–Kier alpha value is -2.34. The molecule has 0 bridgehead atoms. The highest BCUT2D eigenvalue weighted by atomic mass is 32.2. The van der Waals surface area contributed by atoms with E-state index in [4.69, 9.17) is 0 Å². The number of nitrogens with zero attached hydrogens (tertiary/aromatic N) is 2. The van der Waals surface area contributed by atoms with Crippen LogP contribution in [0.5, 0.6) is 0 Å². The standard InChI is InChI=1S/C20H22N2O3S/c1-15-14-17-6-2-3-7-19(17)22(15)26(24,25)18-10-8-16(9-11-18)20(23)21-12-4-5-13-21/h2-3,6-11,15H,4-5,12-14H2,1H3. The van der Waals surface area contributed by atoms with Crippen molar-refractivity contribution in [3.8, 4) is 0 Å². The average Bonchev–Trinajstić information content (AvgIpc) is 3.28. The highest BCUT2D eigenvalue weighted by Gasteiger charge is 2.35. The molecule has 0 radical (unpaired) electrons. The number of benzene rings is 2. The van der Waals surface area contributed by atoms with Gasteiger partial charge in [-0.2, -0.15) is 0 Å². The van der Waals surface area contributed by atoms with Crippen LogP contribution >= 0.6 is 0 Å². The minimum atomic E-state index is -3.65. The van der Waals surface area contributed by atoms with Crippen molar-refractivity contribution < 1.29 is 13.2 Å². The highest BCUT2D eigenvalue weighted by molar-refractivity contribution is 7.92. The Labute approximate surface area is 154 Å². The Bertz CT molecular complexity index is 932. The van der Waals surface area contributed by atoms with Crippen LogP contribution in [0.15, 0.2) is 53.4 Å². The van der Waals surface area contributed by atoms with Crippen molar-refractivity contribution in [3.05, 3.63) is 59.7 Å². The SMILES string of the molecule is CC1Cc2ccccc2N1S(=O)(=O)c1ccc(C(=O)N2CCCC2)cc1. The van der Waals surface area contributed by atoms with Gasteiger partial charge in [0.25, 0.3) is 15.9 Å². The smallest absolute Gasteiger partial charge is 0.264 e. The molecular weight excluding hydrogens is 348 g/mol. The summed E-state index contributed by atoms with van der Waals surface area (Å²) < 4.78 is 27.9. The molecule has 0 aliphatic carbocycles. The van der Waals surface area contributed by atoms with Gasteiger partial charge in [0, 0.05) is 24.7 Å². The molecule has 1 fully saturated rings. The molecule has 2 aromatic rings. The molecule has 2 aromatic carbocycles. The number of carbonyl (C=O) groups is 1. The van der Waals surface area contributed by atoms with Crippen molar-refractivity contribution in [1.82, 2.24) is 4.90 Å². The molecule has 4 rings (SSSR count). The van der Waals surface area contributed by atoms with Crippen LogP contribution in [-0.2, 0) is 16.4 Å². The fourth-order valence-electron chi connectivity index (χ4n) is 3.89. The van der Waals surface area contributed by atoms with E-state index in [1.54, 1.807) is 24.3 Å². The van der Waals surface area contributed by atoms with Gasteiger partial charge in [-0.25, -0.2) is 8.42 Å². The second-order valence-corrected chi connectivity index (χ2v) is 8.82. The second-order valence-electron chi connectivity index (χ2n) is 7.01. The van der Waals surface area contributed by atoms with E-state index in [9.17, 15) is 13.2 Å². The van der Waals surface area contributed by atoms with E-state index in [-0.39, 0.29) is 16.8 Å². The molecule has 0 aromatic heterocycles. The fourth-order valence-corrected chi connectivity index (χ4v) is 5.58. The quantitative estimate of drug-likeness (QED) is 0.834. The lowest BCUT2D eigenvalue weighted by atomic mass is 10.1. The van der Waals surface area contributed by atoms with Crippen LogP contribution in [0.2, 0.25) is 0 Å². The molecule has 1 amide bonds. The zero-order chi connectivity index (χ0) is 18.3. The van der Waals surface area contributed by atoms with Gasteiger partial charge in [-0.15, -0.1) is 0 Å². The number of para-hydroxylation sites is 1. The summed E-state index contributed by atoms with van der Waals surface area (Å²) in [5, 5.41) is 0. The molecule has 5 nitrogen and oxygen atoms in total. The summed E-state index contributed by atoms with van der Waals surface area (Å²) in [5.41, 5.74) is 2.34. The third-order valence-corrected chi connectivity index (χ3v) is 7.14. The van der Waals surface area contributed by atoms with Crippen molar-refractivity contribution in [2.24, 2.45) is 0 Å². The van der Waals surface area contributed by atoms with Gasteiger partial charge in [0.2, 0.25) is 0 Å². The molecule has 6 heteroatoms. The lowest BCUT2D eigenvalue weighted by Gasteiger charge is -2.24. The molecule has 1 atom stereocenters. The molecule has 2 heterocycles. The molecule has 0 N–H and O–H groups in total. The first-order valence-corrected chi connectivity index (χ1v) is 10.4. The zero-order valence-corrected chi connectivity index (χ0v) is 15.6. The summed E-state index contributed by atoms with van der Waals surface area (Å²) in [7, 11) is -3.65. The van der Waals surface area contributed by atoms with Crippen molar-refractivity contribution >= 4 is 21.6 Å². The first-order chi connectivity index (χ1) is 12.5. The number of hydrogen-bond acceptors (Lipinski definition) is 3. The minimum Gasteiger partial charge on any atom is -0.339 e. The molecule has 1 unspecified atom stereocenters. The molecule has 1 saturated heterocycles. The third-order valence-electron chi connectivity index (χ3n) is 5.20. The maximum absolute atomic E-state index is 13.2. The van der Waals surface area contributed by atoms with Gasteiger partial charge in [-0.1, -0.05) is 18.2 Å². The first-order valence-electron chi connectivity index (χ1n) is 9.00. The van der Waals surface area contributed by atoms with E-state index in [0.29, 0.717) is 12.0 Å². The summed E-state index contributed by atoms with van der Waals surface area (Å²) in [6, 6.07) is 13.8. The summed E-state index contributed by atoms with van der Waals surface area (Å²) in [5.74, 6) is -0.0219. The van der Waals surface area contributed by atoms with E-state index in [0.717, 1.165) is 37.2 Å². The Balaban J connectivity index is 1.63. The van der Waals surface area contributed by atoms with Gasteiger partial charge in [0.15, 0.2) is 0 Å². The van der Waals surface area contributed by atoms with Crippen molar-refractivity contribution in [2.45, 2.75) is 37.1 Å². The Morgan fingerprint density at radius 1 is 1.00 bits per heavy atom. The number of amides is 1. The number of rotatable bonds is 3. The molecule has 136 valence electrons. The summed E-state index contributed by atoms with van der Waals surface area (Å²) in [6.07, 6.45) is 2.77. The van der Waals surface area contributed by atoms with Crippen molar-refractivity contribution in [1.29, 1.82) is 0 Å². The average molecular weight is 370 g/mol. The third kappa shape index (κ3) is 2.78. The predicted octanol–water partition coefficient (Wildman–Crippen LogP) is 3.06. The molecular formula is C20H22N2O3S. The van der Waals surface area contributed by atoms with Crippen molar-refractivity contribution in [2.75, 3.05) is 17.4 Å². The Kier molecular flexibility index (Phi) is 4.23. The molecule has 0 saturated carbocycles. The number of hydrogen-bond donors (Lipinski definition) is 0. The first kappa shape index (κ1) is 17.1. The van der Waals surface area contributed by atoms with E-state index < -0.39 is 10.0 Å². The summed E-state index contributed by atoms with van der Waals surface area (Å²) in [4.78, 5) is 14.5. The summed E-state index contributed by atoms with van der Waals surface area (Å²) >= 11 is 0. The van der Waals surface area contributed by atoms with Gasteiger partial charge in [0.1, 0.15) is 0 Å². The van der Waals surface area contributed by atoms with E-state index in [1.807, 2.05) is 36.1 Å². The van der Waals surface area contributed by atoms with Gasteiger partial charge in [0.05, 0.1) is 10.6 Å². The number of carbonyl (C=O) groups excluding carboxylic acids is 1. The van der Waals surface area contributed by atoms with Crippen LogP contribution in [0.3, 0.4) is 0 Å². The van der Waals surface area contributed by atoms with E-state index >= 15 is 0 Å². The van der Waals surface area contributed by atoms with Crippen LogP contribution in [0, 0.1) is 0 Å². The van der Waals surface area contributed by atoms with Gasteiger partial charge in [-0.05, 0) is 62.1 Å².